The number of piperazine rings is 1. The van der Waals surface area contributed by atoms with Gasteiger partial charge in [-0.2, -0.15) is 4.98 Å². The largest absolute Gasteiger partial charge is 0.369 e. The number of hydrogen-bond acceptors (Lipinski definition) is 7. The van der Waals surface area contributed by atoms with Gasteiger partial charge in [-0.15, -0.1) is 0 Å². The lowest BCUT2D eigenvalue weighted by molar-refractivity contribution is 0.588. The minimum Gasteiger partial charge on any atom is -0.369 e. The van der Waals surface area contributed by atoms with E-state index in [1.165, 1.54) is 18.3 Å². The normalized spacial score (nSPS) is 14.6. The van der Waals surface area contributed by atoms with Gasteiger partial charge in [0, 0.05) is 60.4 Å². The molecule has 0 unspecified atom stereocenters. The second-order valence-electron chi connectivity index (χ2n) is 7.46. The van der Waals surface area contributed by atoms with Crippen LogP contribution in [-0.4, -0.2) is 48.5 Å². The predicted molar refractivity (Wildman–Crippen MR) is 126 cm³/mol. The number of halogens is 1. The highest BCUT2D eigenvalue weighted by atomic mass is 35.5. The highest BCUT2D eigenvalue weighted by Gasteiger charge is 2.20. The zero-order chi connectivity index (χ0) is 22.1. The minimum absolute atomic E-state index is 0.0964. The molecule has 1 aliphatic heterocycles. The molecule has 0 radical (unpaired) electrons. The highest BCUT2D eigenvalue weighted by molar-refractivity contribution is 7.90. The van der Waals surface area contributed by atoms with E-state index in [0.717, 1.165) is 41.5 Å². The number of aromatic nitrogens is 3. The zero-order valence-electron chi connectivity index (χ0n) is 17.1. The first kappa shape index (κ1) is 20.7. The van der Waals surface area contributed by atoms with Crippen LogP contribution in [0.5, 0.6) is 0 Å². The fraction of sp³-hybridized carbons (Fsp3) is 0.182. The van der Waals surface area contributed by atoms with Gasteiger partial charge < -0.3 is 15.5 Å². The molecule has 0 atom stereocenters. The third kappa shape index (κ3) is 4.02. The fourth-order valence-corrected chi connectivity index (χ4v) is 5.30. The summed E-state index contributed by atoms with van der Waals surface area (Å²) >= 11 is 5.99. The lowest BCUT2D eigenvalue weighted by atomic mass is 10.2. The summed E-state index contributed by atoms with van der Waals surface area (Å²) in [6.07, 6.45) is 3.07. The predicted octanol–water partition coefficient (Wildman–Crippen LogP) is 3.47. The van der Waals surface area contributed by atoms with Crippen molar-refractivity contribution in [2.24, 2.45) is 0 Å². The van der Waals surface area contributed by atoms with Crippen LogP contribution in [0.3, 0.4) is 0 Å². The van der Waals surface area contributed by atoms with Crippen molar-refractivity contribution in [1.29, 1.82) is 0 Å². The van der Waals surface area contributed by atoms with E-state index in [2.05, 4.69) is 37.6 Å². The van der Waals surface area contributed by atoms with Crippen LogP contribution in [0.2, 0.25) is 5.02 Å². The average molecular weight is 469 g/mol. The third-order valence-electron chi connectivity index (χ3n) is 5.35. The maximum absolute atomic E-state index is 13.1. The van der Waals surface area contributed by atoms with Crippen molar-refractivity contribution in [1.82, 2.24) is 19.3 Å². The first-order valence-electron chi connectivity index (χ1n) is 10.2. The Morgan fingerprint density at radius 2 is 1.81 bits per heavy atom. The monoisotopic (exact) mass is 468 g/mol. The molecular weight excluding hydrogens is 448 g/mol. The maximum atomic E-state index is 13.1. The van der Waals surface area contributed by atoms with Crippen molar-refractivity contribution in [2.75, 3.05) is 36.4 Å². The SMILES string of the molecule is O=S(=O)(c1cccc(Cl)c1)n1ccc2cnc(Nc3ccc(N4CCNCC4)cc3)nc21. The Labute approximate surface area is 190 Å². The van der Waals surface area contributed by atoms with Gasteiger partial charge in [0.1, 0.15) is 0 Å². The summed E-state index contributed by atoms with van der Waals surface area (Å²) in [6.45, 7) is 3.91. The lowest BCUT2D eigenvalue weighted by Crippen LogP contribution is -2.43. The van der Waals surface area contributed by atoms with Gasteiger partial charge in [0.15, 0.2) is 5.65 Å². The molecule has 1 aliphatic rings. The summed E-state index contributed by atoms with van der Waals surface area (Å²) in [7, 11) is -3.85. The van der Waals surface area contributed by atoms with Gasteiger partial charge in [0.2, 0.25) is 5.95 Å². The molecule has 4 aromatic rings. The van der Waals surface area contributed by atoms with Gasteiger partial charge in [-0.25, -0.2) is 17.4 Å². The van der Waals surface area contributed by atoms with Crippen LogP contribution >= 0.6 is 11.6 Å². The summed E-state index contributed by atoms with van der Waals surface area (Å²) in [5, 5.41) is 7.48. The van der Waals surface area contributed by atoms with Crippen molar-refractivity contribution in [3.63, 3.8) is 0 Å². The van der Waals surface area contributed by atoms with Crippen LogP contribution < -0.4 is 15.5 Å². The molecule has 0 bridgehead atoms. The Bertz CT molecular complexity index is 1360. The Morgan fingerprint density at radius 3 is 2.56 bits per heavy atom. The average Bonchev–Trinajstić information content (AvgIpc) is 3.24. The van der Waals surface area contributed by atoms with Crippen molar-refractivity contribution >= 4 is 50.0 Å². The molecule has 1 fully saturated rings. The molecule has 0 amide bonds. The van der Waals surface area contributed by atoms with E-state index in [9.17, 15) is 8.42 Å². The molecule has 32 heavy (non-hydrogen) atoms. The van der Waals surface area contributed by atoms with E-state index in [4.69, 9.17) is 11.6 Å². The van der Waals surface area contributed by atoms with E-state index in [0.29, 0.717) is 22.0 Å². The highest BCUT2D eigenvalue weighted by Crippen LogP contribution is 2.25. The van der Waals surface area contributed by atoms with Crippen LogP contribution in [0.1, 0.15) is 0 Å². The van der Waals surface area contributed by atoms with E-state index >= 15 is 0 Å². The Kier molecular flexibility index (Phi) is 5.46. The van der Waals surface area contributed by atoms with E-state index in [1.807, 2.05) is 12.1 Å². The molecule has 2 N–H and O–H groups in total. The number of nitrogens with zero attached hydrogens (tertiary/aromatic N) is 4. The van der Waals surface area contributed by atoms with Gasteiger partial charge in [-0.3, -0.25) is 0 Å². The third-order valence-corrected chi connectivity index (χ3v) is 7.25. The number of rotatable bonds is 5. The van der Waals surface area contributed by atoms with Crippen molar-refractivity contribution < 1.29 is 8.42 Å². The molecule has 10 heteroatoms. The first-order chi connectivity index (χ1) is 15.5. The van der Waals surface area contributed by atoms with Gasteiger partial charge in [0.25, 0.3) is 10.0 Å². The molecule has 0 spiro atoms. The van der Waals surface area contributed by atoms with E-state index in [-0.39, 0.29) is 4.90 Å². The van der Waals surface area contributed by atoms with Gasteiger partial charge in [-0.05, 0) is 48.5 Å². The zero-order valence-corrected chi connectivity index (χ0v) is 18.6. The summed E-state index contributed by atoms with van der Waals surface area (Å²) in [4.78, 5) is 11.2. The smallest absolute Gasteiger partial charge is 0.269 e. The number of anilines is 3. The van der Waals surface area contributed by atoms with E-state index < -0.39 is 10.0 Å². The van der Waals surface area contributed by atoms with Gasteiger partial charge >= 0.3 is 0 Å². The number of nitrogens with one attached hydrogen (secondary N) is 2. The summed E-state index contributed by atoms with van der Waals surface area (Å²) in [6, 6.07) is 15.9. The standard InChI is InChI=1S/C22H21ClN6O2S/c23-17-2-1-3-20(14-17)32(30,31)29-11-8-16-15-25-22(27-21(16)29)26-18-4-6-19(7-5-18)28-12-9-24-10-13-28/h1-8,11,14-15,24H,9-10,12-13H2,(H,25,26,27). The Balaban J connectivity index is 1.42. The van der Waals surface area contributed by atoms with E-state index in [1.54, 1.807) is 24.4 Å². The second-order valence-corrected chi connectivity index (χ2v) is 9.71. The second kappa shape index (κ2) is 8.42. The molecule has 3 heterocycles. The van der Waals surface area contributed by atoms with Crippen molar-refractivity contribution in [2.45, 2.75) is 4.90 Å². The van der Waals surface area contributed by atoms with Crippen LogP contribution in [0.4, 0.5) is 17.3 Å². The van der Waals surface area contributed by atoms with Crippen LogP contribution in [-0.2, 0) is 10.0 Å². The molecule has 8 nitrogen and oxygen atoms in total. The fourth-order valence-electron chi connectivity index (χ4n) is 3.70. The van der Waals surface area contributed by atoms with Crippen molar-refractivity contribution in [3.05, 3.63) is 72.0 Å². The van der Waals surface area contributed by atoms with Gasteiger partial charge in [0.05, 0.1) is 4.90 Å². The summed E-state index contributed by atoms with van der Waals surface area (Å²) < 4.78 is 27.4. The molecule has 2 aromatic carbocycles. The molecule has 2 aromatic heterocycles. The number of fused-ring (bicyclic) bond motifs is 1. The summed E-state index contributed by atoms with van der Waals surface area (Å²) in [5.41, 5.74) is 2.27. The number of benzene rings is 2. The Hall–Kier alpha value is -3.14. The lowest BCUT2D eigenvalue weighted by Gasteiger charge is -2.29. The quantitative estimate of drug-likeness (QED) is 0.463. The molecule has 1 saturated heterocycles. The topological polar surface area (TPSA) is 92.2 Å². The number of hydrogen-bond donors (Lipinski definition) is 2. The van der Waals surface area contributed by atoms with Crippen LogP contribution in [0.25, 0.3) is 11.0 Å². The van der Waals surface area contributed by atoms with Crippen LogP contribution in [0, 0.1) is 0 Å². The van der Waals surface area contributed by atoms with Gasteiger partial charge in [-0.1, -0.05) is 17.7 Å². The van der Waals surface area contributed by atoms with Crippen molar-refractivity contribution in [3.8, 4) is 0 Å². The first-order valence-corrected chi connectivity index (χ1v) is 12.0. The summed E-state index contributed by atoms with van der Waals surface area (Å²) in [5.74, 6) is 0.314. The molecule has 0 aliphatic carbocycles. The Morgan fingerprint density at radius 1 is 1.03 bits per heavy atom. The molecule has 5 rings (SSSR count). The van der Waals surface area contributed by atoms with Crippen LogP contribution in [0.15, 0.2) is 71.9 Å². The maximum Gasteiger partial charge on any atom is 0.269 e. The minimum atomic E-state index is -3.85. The molecular formula is C22H21ClN6O2S. The molecule has 164 valence electrons. The molecule has 0 saturated carbocycles.